The molecule has 3 nitrogen and oxygen atoms in total. The summed E-state index contributed by atoms with van der Waals surface area (Å²) in [5.74, 6) is -0.504. The Morgan fingerprint density at radius 3 is 2.55 bits per heavy atom. The third-order valence-corrected chi connectivity index (χ3v) is 3.65. The molecule has 3 aromatic rings. The Bertz CT molecular complexity index is 846. The van der Waals surface area contributed by atoms with Gasteiger partial charge in [-0.1, -0.05) is 18.2 Å². The van der Waals surface area contributed by atoms with Crippen molar-refractivity contribution < 1.29 is 9.18 Å². The first-order chi connectivity index (χ1) is 10.6. The lowest BCUT2D eigenvalue weighted by atomic mass is 10.1. The minimum Gasteiger partial charge on any atom is -0.311 e. The zero-order valence-corrected chi connectivity index (χ0v) is 12.4. The lowest BCUT2D eigenvalue weighted by Crippen LogP contribution is -2.27. The summed E-state index contributed by atoms with van der Waals surface area (Å²) in [6, 6.07) is 15.4. The Morgan fingerprint density at radius 1 is 1.09 bits per heavy atom. The lowest BCUT2D eigenvalue weighted by Gasteiger charge is -2.18. The van der Waals surface area contributed by atoms with Crippen LogP contribution in [0.3, 0.4) is 0 Å². The average molecular weight is 294 g/mol. The molecule has 0 atom stereocenters. The number of carbonyl (C=O) groups is 1. The highest BCUT2D eigenvalue weighted by molar-refractivity contribution is 6.08. The first kappa shape index (κ1) is 14.2. The standard InChI is InChI=1S/C18H15FN2O/c1-12-16(11-13-10-14(19)8-9-17(13)20-12)18(22)21(2)15-6-4-3-5-7-15/h3-11H,1-2H3. The summed E-state index contributed by atoms with van der Waals surface area (Å²) >= 11 is 0. The number of pyridine rings is 1. The van der Waals surface area contributed by atoms with Gasteiger partial charge in [0, 0.05) is 18.1 Å². The summed E-state index contributed by atoms with van der Waals surface area (Å²) in [5.41, 5.74) is 2.58. The van der Waals surface area contributed by atoms with Gasteiger partial charge in [0.15, 0.2) is 0 Å². The van der Waals surface area contributed by atoms with Gasteiger partial charge in [-0.05, 0) is 43.3 Å². The minimum absolute atomic E-state index is 0.164. The molecule has 0 saturated heterocycles. The van der Waals surface area contributed by atoms with Gasteiger partial charge >= 0.3 is 0 Å². The van der Waals surface area contributed by atoms with Crippen LogP contribution in [0, 0.1) is 12.7 Å². The molecular formula is C18H15FN2O. The molecule has 110 valence electrons. The number of hydrogen-bond acceptors (Lipinski definition) is 2. The topological polar surface area (TPSA) is 33.2 Å². The summed E-state index contributed by atoms with van der Waals surface area (Å²) in [7, 11) is 1.72. The molecule has 4 heteroatoms. The number of rotatable bonds is 2. The molecule has 22 heavy (non-hydrogen) atoms. The molecule has 0 aliphatic heterocycles. The van der Waals surface area contributed by atoms with E-state index in [0.29, 0.717) is 22.2 Å². The van der Waals surface area contributed by atoms with Crippen LogP contribution in [0.15, 0.2) is 54.6 Å². The molecule has 3 rings (SSSR count). The third kappa shape index (κ3) is 2.55. The monoisotopic (exact) mass is 294 g/mol. The van der Waals surface area contributed by atoms with Crippen LogP contribution in [0.25, 0.3) is 10.9 Å². The van der Waals surface area contributed by atoms with Crippen LogP contribution in [0.1, 0.15) is 16.1 Å². The Kier molecular flexibility index (Phi) is 3.59. The summed E-state index contributed by atoms with van der Waals surface area (Å²) < 4.78 is 13.4. The number of aryl methyl sites for hydroxylation is 1. The van der Waals surface area contributed by atoms with E-state index in [4.69, 9.17) is 0 Å². The smallest absolute Gasteiger partial charge is 0.259 e. The molecule has 2 aromatic carbocycles. The predicted octanol–water partition coefficient (Wildman–Crippen LogP) is 3.96. The fourth-order valence-electron chi connectivity index (χ4n) is 2.41. The number of nitrogens with zero attached hydrogens (tertiary/aromatic N) is 2. The van der Waals surface area contributed by atoms with Crippen molar-refractivity contribution in [2.24, 2.45) is 0 Å². The predicted molar refractivity (Wildman–Crippen MR) is 85.6 cm³/mol. The first-order valence-electron chi connectivity index (χ1n) is 6.96. The lowest BCUT2D eigenvalue weighted by molar-refractivity contribution is 0.0992. The summed E-state index contributed by atoms with van der Waals surface area (Å²) in [6.07, 6.45) is 0. The van der Waals surface area contributed by atoms with E-state index in [0.717, 1.165) is 5.69 Å². The van der Waals surface area contributed by atoms with E-state index >= 15 is 0 Å². The number of benzene rings is 2. The number of carbonyl (C=O) groups excluding carboxylic acids is 1. The van der Waals surface area contributed by atoms with E-state index in [1.165, 1.54) is 12.1 Å². The zero-order valence-electron chi connectivity index (χ0n) is 12.4. The Labute approximate surface area is 128 Å². The number of para-hydroxylation sites is 1. The molecule has 0 fully saturated rings. The zero-order chi connectivity index (χ0) is 15.7. The minimum atomic E-state index is -0.340. The van der Waals surface area contributed by atoms with Gasteiger partial charge in [0.1, 0.15) is 5.82 Å². The molecule has 0 unspecified atom stereocenters. The number of halogens is 1. The van der Waals surface area contributed by atoms with Gasteiger partial charge in [-0.15, -0.1) is 0 Å². The molecule has 1 amide bonds. The van der Waals surface area contributed by atoms with Gasteiger partial charge in [-0.2, -0.15) is 0 Å². The number of fused-ring (bicyclic) bond motifs is 1. The molecule has 0 aliphatic rings. The number of amides is 1. The molecule has 0 radical (unpaired) electrons. The average Bonchev–Trinajstić information content (AvgIpc) is 2.54. The normalized spacial score (nSPS) is 10.7. The third-order valence-electron chi connectivity index (χ3n) is 3.65. The second kappa shape index (κ2) is 5.56. The molecule has 1 aromatic heterocycles. The van der Waals surface area contributed by atoms with E-state index in [9.17, 15) is 9.18 Å². The van der Waals surface area contributed by atoms with Crippen LogP contribution in [-0.2, 0) is 0 Å². The maximum Gasteiger partial charge on any atom is 0.259 e. The van der Waals surface area contributed by atoms with Crippen molar-refractivity contribution in [3.05, 3.63) is 71.7 Å². The molecular weight excluding hydrogens is 279 g/mol. The van der Waals surface area contributed by atoms with Crippen molar-refractivity contribution in [2.45, 2.75) is 6.92 Å². The second-order valence-corrected chi connectivity index (χ2v) is 5.16. The van der Waals surface area contributed by atoms with Gasteiger partial charge < -0.3 is 4.90 Å². The van der Waals surface area contributed by atoms with E-state index in [2.05, 4.69) is 4.98 Å². The quantitative estimate of drug-likeness (QED) is 0.717. The van der Waals surface area contributed by atoms with Crippen molar-refractivity contribution in [2.75, 3.05) is 11.9 Å². The van der Waals surface area contributed by atoms with E-state index in [1.807, 2.05) is 30.3 Å². The van der Waals surface area contributed by atoms with Gasteiger partial charge in [0.05, 0.1) is 16.8 Å². The van der Waals surface area contributed by atoms with Gasteiger partial charge in [-0.3, -0.25) is 9.78 Å². The summed E-state index contributed by atoms with van der Waals surface area (Å²) in [5, 5.41) is 0.621. The fourth-order valence-corrected chi connectivity index (χ4v) is 2.41. The Morgan fingerprint density at radius 2 is 1.82 bits per heavy atom. The first-order valence-corrected chi connectivity index (χ1v) is 6.96. The van der Waals surface area contributed by atoms with Crippen LogP contribution < -0.4 is 4.90 Å². The maximum atomic E-state index is 13.4. The van der Waals surface area contributed by atoms with Crippen LogP contribution >= 0.6 is 0 Å². The second-order valence-electron chi connectivity index (χ2n) is 5.16. The van der Waals surface area contributed by atoms with Crippen LogP contribution in [0.4, 0.5) is 10.1 Å². The van der Waals surface area contributed by atoms with Crippen molar-refractivity contribution in [3.8, 4) is 0 Å². The largest absolute Gasteiger partial charge is 0.311 e. The number of anilines is 1. The molecule has 0 aliphatic carbocycles. The summed E-state index contributed by atoms with van der Waals surface area (Å²) in [4.78, 5) is 18.7. The van der Waals surface area contributed by atoms with Crippen molar-refractivity contribution >= 4 is 22.5 Å². The number of hydrogen-bond donors (Lipinski definition) is 0. The van der Waals surface area contributed by atoms with Gasteiger partial charge in [-0.25, -0.2) is 4.39 Å². The van der Waals surface area contributed by atoms with Gasteiger partial charge in [0.2, 0.25) is 0 Å². The van der Waals surface area contributed by atoms with Crippen molar-refractivity contribution in [1.29, 1.82) is 0 Å². The highest BCUT2D eigenvalue weighted by atomic mass is 19.1. The molecule has 0 N–H and O–H groups in total. The molecule has 0 bridgehead atoms. The number of aromatic nitrogens is 1. The van der Waals surface area contributed by atoms with Crippen molar-refractivity contribution in [1.82, 2.24) is 4.98 Å². The van der Waals surface area contributed by atoms with Crippen molar-refractivity contribution in [3.63, 3.8) is 0 Å². The highest BCUT2D eigenvalue weighted by Crippen LogP contribution is 2.21. The van der Waals surface area contributed by atoms with E-state index < -0.39 is 0 Å². The van der Waals surface area contributed by atoms with E-state index in [-0.39, 0.29) is 11.7 Å². The molecule has 1 heterocycles. The Balaban J connectivity index is 2.05. The Hall–Kier alpha value is -2.75. The van der Waals surface area contributed by atoms with E-state index in [1.54, 1.807) is 31.0 Å². The highest BCUT2D eigenvalue weighted by Gasteiger charge is 2.17. The summed E-state index contributed by atoms with van der Waals surface area (Å²) in [6.45, 7) is 1.79. The van der Waals surface area contributed by atoms with Crippen LogP contribution in [0.5, 0.6) is 0 Å². The molecule has 0 spiro atoms. The van der Waals surface area contributed by atoms with Crippen LogP contribution in [0.2, 0.25) is 0 Å². The molecule has 0 saturated carbocycles. The van der Waals surface area contributed by atoms with Crippen LogP contribution in [-0.4, -0.2) is 17.9 Å². The maximum absolute atomic E-state index is 13.4. The SMILES string of the molecule is Cc1nc2ccc(F)cc2cc1C(=O)N(C)c1ccccc1. The fraction of sp³-hybridized carbons (Fsp3) is 0.111. The van der Waals surface area contributed by atoms with Gasteiger partial charge in [0.25, 0.3) is 5.91 Å².